The third-order valence-electron chi connectivity index (χ3n) is 1.58. The molecule has 0 aliphatic heterocycles. The van der Waals surface area contributed by atoms with Gasteiger partial charge in [0, 0.05) is 5.38 Å². The van der Waals surface area contributed by atoms with E-state index in [2.05, 4.69) is 4.37 Å². The average molecular weight is 165 g/mol. The first kappa shape index (κ1) is 6.61. The van der Waals surface area contributed by atoms with Crippen molar-refractivity contribution in [3.8, 4) is 5.75 Å². The van der Waals surface area contributed by atoms with Gasteiger partial charge < -0.3 is 4.74 Å². The second-order valence-corrected chi connectivity index (χ2v) is 2.84. The van der Waals surface area contributed by atoms with Crippen molar-refractivity contribution in [2.24, 2.45) is 0 Å². The normalized spacial score (nSPS) is 10.3. The molecular weight excluding hydrogens is 158 g/mol. The molecule has 0 atom stereocenters. The molecule has 1 aromatic carbocycles. The molecule has 1 aromatic heterocycles. The SMILES string of the molecule is COc1cccc2nscc12. The van der Waals surface area contributed by atoms with Gasteiger partial charge in [-0.1, -0.05) is 6.07 Å². The quantitative estimate of drug-likeness (QED) is 0.646. The van der Waals surface area contributed by atoms with Gasteiger partial charge in [-0.25, -0.2) is 0 Å². The highest BCUT2D eigenvalue weighted by molar-refractivity contribution is 7.04. The number of fused-ring (bicyclic) bond motifs is 1. The highest BCUT2D eigenvalue weighted by Crippen LogP contribution is 2.25. The molecule has 0 aliphatic rings. The molecule has 2 rings (SSSR count). The van der Waals surface area contributed by atoms with E-state index in [9.17, 15) is 0 Å². The van der Waals surface area contributed by atoms with Crippen molar-refractivity contribution in [1.82, 2.24) is 4.37 Å². The number of benzene rings is 1. The monoisotopic (exact) mass is 165 g/mol. The minimum absolute atomic E-state index is 0.899. The van der Waals surface area contributed by atoms with Crippen molar-refractivity contribution >= 4 is 22.4 Å². The lowest BCUT2D eigenvalue weighted by Gasteiger charge is -1.98. The van der Waals surface area contributed by atoms with Gasteiger partial charge >= 0.3 is 0 Å². The summed E-state index contributed by atoms with van der Waals surface area (Å²) in [5, 5.41) is 3.09. The van der Waals surface area contributed by atoms with Gasteiger partial charge in [0.05, 0.1) is 18.0 Å². The topological polar surface area (TPSA) is 22.1 Å². The lowest BCUT2D eigenvalue weighted by molar-refractivity contribution is 0.420. The standard InChI is InChI=1S/C8H7NOS/c1-10-8-4-2-3-7-6(8)5-11-9-7/h2-5H,1H3. The highest BCUT2D eigenvalue weighted by Gasteiger charge is 2.00. The summed E-state index contributed by atoms with van der Waals surface area (Å²) in [6.07, 6.45) is 0. The Bertz CT molecular complexity index is 369. The molecule has 0 radical (unpaired) electrons. The summed E-state index contributed by atoms with van der Waals surface area (Å²) in [7, 11) is 1.67. The van der Waals surface area contributed by atoms with Crippen molar-refractivity contribution in [2.45, 2.75) is 0 Å². The summed E-state index contributed by atoms with van der Waals surface area (Å²) in [6.45, 7) is 0. The molecule has 0 bridgehead atoms. The molecule has 1 heterocycles. The predicted molar refractivity (Wildman–Crippen MR) is 46.2 cm³/mol. The van der Waals surface area contributed by atoms with Crippen LogP contribution in [0.4, 0.5) is 0 Å². The zero-order chi connectivity index (χ0) is 7.68. The lowest BCUT2D eigenvalue weighted by Crippen LogP contribution is -1.81. The van der Waals surface area contributed by atoms with E-state index in [4.69, 9.17) is 4.74 Å². The van der Waals surface area contributed by atoms with E-state index in [0.29, 0.717) is 0 Å². The van der Waals surface area contributed by atoms with Crippen LogP contribution in [0.2, 0.25) is 0 Å². The van der Waals surface area contributed by atoms with E-state index in [1.165, 1.54) is 11.5 Å². The molecule has 2 nitrogen and oxygen atoms in total. The fraction of sp³-hybridized carbons (Fsp3) is 0.125. The molecule has 2 aromatic rings. The second-order valence-electron chi connectivity index (χ2n) is 2.21. The van der Waals surface area contributed by atoms with E-state index >= 15 is 0 Å². The molecule has 0 saturated heterocycles. The molecule has 0 saturated carbocycles. The Hall–Kier alpha value is -1.09. The Balaban J connectivity index is 2.79. The van der Waals surface area contributed by atoms with Gasteiger partial charge in [0.1, 0.15) is 5.75 Å². The van der Waals surface area contributed by atoms with E-state index in [1.54, 1.807) is 7.11 Å². The van der Waals surface area contributed by atoms with Crippen LogP contribution in [0, 0.1) is 0 Å². The maximum atomic E-state index is 5.15. The Kier molecular flexibility index (Phi) is 1.51. The number of rotatable bonds is 1. The number of hydrogen-bond donors (Lipinski definition) is 0. The largest absolute Gasteiger partial charge is 0.496 e. The minimum Gasteiger partial charge on any atom is -0.496 e. The summed E-state index contributed by atoms with van der Waals surface area (Å²) in [4.78, 5) is 0. The Labute approximate surface area is 68.6 Å². The Morgan fingerprint density at radius 1 is 1.45 bits per heavy atom. The minimum atomic E-state index is 0.899. The van der Waals surface area contributed by atoms with Crippen LogP contribution in [0.5, 0.6) is 5.75 Å². The molecule has 0 unspecified atom stereocenters. The van der Waals surface area contributed by atoms with Gasteiger partial charge in [-0.3, -0.25) is 0 Å². The van der Waals surface area contributed by atoms with E-state index < -0.39 is 0 Å². The predicted octanol–water partition coefficient (Wildman–Crippen LogP) is 2.30. The Morgan fingerprint density at radius 3 is 3.18 bits per heavy atom. The third-order valence-corrected chi connectivity index (χ3v) is 2.23. The van der Waals surface area contributed by atoms with Crippen LogP contribution in [0.3, 0.4) is 0 Å². The highest BCUT2D eigenvalue weighted by atomic mass is 32.1. The van der Waals surface area contributed by atoms with Gasteiger partial charge in [-0.05, 0) is 23.7 Å². The summed E-state index contributed by atoms with van der Waals surface area (Å²) in [6, 6.07) is 5.87. The number of ether oxygens (including phenoxy) is 1. The van der Waals surface area contributed by atoms with Gasteiger partial charge in [0.2, 0.25) is 0 Å². The molecular formula is C8H7NOS. The first-order valence-electron chi connectivity index (χ1n) is 3.29. The van der Waals surface area contributed by atoms with Gasteiger partial charge in [0.15, 0.2) is 0 Å². The van der Waals surface area contributed by atoms with Crippen LogP contribution in [0.25, 0.3) is 10.9 Å². The van der Waals surface area contributed by atoms with Crippen molar-refractivity contribution in [1.29, 1.82) is 0 Å². The average Bonchev–Trinajstić information content (AvgIpc) is 2.50. The molecule has 0 spiro atoms. The fourth-order valence-corrected chi connectivity index (χ4v) is 1.71. The number of aromatic nitrogens is 1. The molecule has 11 heavy (non-hydrogen) atoms. The number of methoxy groups -OCH3 is 1. The first-order chi connectivity index (χ1) is 5.42. The molecule has 0 fully saturated rings. The summed E-state index contributed by atoms with van der Waals surface area (Å²) in [5.74, 6) is 0.899. The van der Waals surface area contributed by atoms with Crippen molar-refractivity contribution in [2.75, 3.05) is 7.11 Å². The molecule has 3 heteroatoms. The first-order valence-corrected chi connectivity index (χ1v) is 4.12. The zero-order valence-corrected chi connectivity index (χ0v) is 6.89. The van der Waals surface area contributed by atoms with E-state index in [1.807, 2.05) is 23.6 Å². The lowest BCUT2D eigenvalue weighted by atomic mass is 10.2. The third kappa shape index (κ3) is 0.973. The summed E-state index contributed by atoms with van der Waals surface area (Å²) in [5.41, 5.74) is 1.01. The van der Waals surface area contributed by atoms with Crippen LogP contribution in [-0.2, 0) is 0 Å². The molecule has 0 N–H and O–H groups in total. The molecule has 0 aliphatic carbocycles. The van der Waals surface area contributed by atoms with Gasteiger partial charge in [-0.15, -0.1) is 0 Å². The van der Waals surface area contributed by atoms with E-state index in [0.717, 1.165) is 16.7 Å². The maximum Gasteiger partial charge on any atom is 0.129 e. The molecule has 56 valence electrons. The van der Waals surface area contributed by atoms with Crippen LogP contribution in [0.1, 0.15) is 0 Å². The summed E-state index contributed by atoms with van der Waals surface area (Å²) >= 11 is 1.45. The van der Waals surface area contributed by atoms with E-state index in [-0.39, 0.29) is 0 Å². The summed E-state index contributed by atoms with van der Waals surface area (Å²) < 4.78 is 9.34. The van der Waals surface area contributed by atoms with Crippen LogP contribution >= 0.6 is 11.5 Å². The smallest absolute Gasteiger partial charge is 0.129 e. The van der Waals surface area contributed by atoms with Crippen LogP contribution < -0.4 is 4.74 Å². The molecule has 0 amide bonds. The maximum absolute atomic E-state index is 5.15. The number of nitrogens with zero attached hydrogens (tertiary/aromatic N) is 1. The van der Waals surface area contributed by atoms with Crippen LogP contribution in [0.15, 0.2) is 23.6 Å². The van der Waals surface area contributed by atoms with Gasteiger partial charge in [0.25, 0.3) is 0 Å². The zero-order valence-electron chi connectivity index (χ0n) is 6.07. The fourth-order valence-electron chi connectivity index (χ4n) is 1.04. The number of hydrogen-bond acceptors (Lipinski definition) is 3. The van der Waals surface area contributed by atoms with Gasteiger partial charge in [-0.2, -0.15) is 4.37 Å². The van der Waals surface area contributed by atoms with Crippen LogP contribution in [-0.4, -0.2) is 11.5 Å². The van der Waals surface area contributed by atoms with Crippen molar-refractivity contribution < 1.29 is 4.74 Å². The van der Waals surface area contributed by atoms with Crippen molar-refractivity contribution in [3.05, 3.63) is 23.6 Å². The second kappa shape index (κ2) is 2.51. The Morgan fingerprint density at radius 2 is 2.36 bits per heavy atom. The van der Waals surface area contributed by atoms with Crippen molar-refractivity contribution in [3.63, 3.8) is 0 Å².